The molecule has 0 fully saturated rings. The van der Waals surface area contributed by atoms with Gasteiger partial charge in [-0.25, -0.2) is 0 Å². The van der Waals surface area contributed by atoms with E-state index in [0.717, 1.165) is 11.4 Å². The van der Waals surface area contributed by atoms with Gasteiger partial charge < -0.3 is 30.9 Å². The van der Waals surface area contributed by atoms with Crippen molar-refractivity contribution in [2.45, 2.75) is 0 Å². The molecule has 0 aliphatic rings. The zero-order valence-electron chi connectivity index (χ0n) is 18.5. The second-order valence-electron chi connectivity index (χ2n) is 7.26. The van der Waals surface area contributed by atoms with Crippen molar-refractivity contribution in [1.29, 1.82) is 0 Å². The van der Waals surface area contributed by atoms with Crippen LogP contribution in [-0.2, 0) is 17.1 Å². The molecule has 0 atom stereocenters. The molecular formula is C26H26FeN4O2. The van der Waals surface area contributed by atoms with Gasteiger partial charge in [-0.1, -0.05) is 11.1 Å². The van der Waals surface area contributed by atoms with E-state index in [1.807, 2.05) is 48.5 Å². The van der Waals surface area contributed by atoms with E-state index in [9.17, 15) is 9.59 Å². The monoisotopic (exact) mass is 482 g/mol. The maximum absolute atomic E-state index is 12.0. The fraction of sp³-hybridized carbons (Fsp3) is 0.0769. The van der Waals surface area contributed by atoms with Gasteiger partial charge in [-0.2, -0.15) is 36.4 Å². The number of anilines is 4. The Kier molecular flexibility index (Phi) is 9.04. The fourth-order valence-electron chi connectivity index (χ4n) is 3.05. The quantitative estimate of drug-likeness (QED) is 0.254. The third-order valence-corrected chi connectivity index (χ3v) is 4.99. The summed E-state index contributed by atoms with van der Waals surface area (Å²) in [7, 11) is 3.50. The minimum absolute atomic E-state index is 0. The summed E-state index contributed by atoms with van der Waals surface area (Å²) in [5.41, 5.74) is 15.6. The first kappa shape index (κ1) is 25.5. The number of hydrogen-bond acceptors (Lipinski definition) is 4. The molecule has 0 saturated carbocycles. The number of benzene rings is 2. The number of hydrogen-bond donors (Lipinski definition) is 2. The molecular weight excluding hydrogens is 456 g/mol. The van der Waals surface area contributed by atoms with E-state index >= 15 is 0 Å². The van der Waals surface area contributed by atoms with Gasteiger partial charge in [-0.05, 0) is 48.5 Å². The summed E-state index contributed by atoms with van der Waals surface area (Å²) in [6.45, 7) is 0. The van der Waals surface area contributed by atoms with Crippen LogP contribution in [0.4, 0.5) is 22.7 Å². The molecule has 4 rings (SSSR count). The van der Waals surface area contributed by atoms with E-state index in [1.165, 1.54) is 0 Å². The number of carbonyl (C=O) groups excluding carboxylic acids is 2. The minimum Gasteiger partial charge on any atom is -0.399 e. The number of amides is 2. The summed E-state index contributed by atoms with van der Waals surface area (Å²) in [5.74, 6) is -0.0375. The zero-order valence-corrected chi connectivity index (χ0v) is 19.6. The topological polar surface area (TPSA) is 92.7 Å². The number of carbonyl (C=O) groups is 2. The average molecular weight is 482 g/mol. The molecule has 4 aromatic carbocycles. The molecule has 0 aliphatic heterocycles. The van der Waals surface area contributed by atoms with Crippen molar-refractivity contribution in [2.75, 3.05) is 35.4 Å². The van der Waals surface area contributed by atoms with Crippen molar-refractivity contribution < 1.29 is 26.7 Å². The van der Waals surface area contributed by atoms with Crippen molar-refractivity contribution in [3.05, 3.63) is 108 Å². The van der Waals surface area contributed by atoms with Crippen molar-refractivity contribution in [3.8, 4) is 0 Å². The van der Waals surface area contributed by atoms with Gasteiger partial charge in [0.05, 0.1) is 0 Å². The number of nitrogen functional groups attached to an aromatic ring is 2. The normalized spacial score (nSPS) is 9.76. The van der Waals surface area contributed by atoms with Gasteiger partial charge in [0.2, 0.25) is 0 Å². The Morgan fingerprint density at radius 2 is 0.970 bits per heavy atom. The largest absolute Gasteiger partial charge is 2.00 e. The van der Waals surface area contributed by atoms with Gasteiger partial charge in [0.15, 0.2) is 11.8 Å². The molecule has 4 N–H and O–H groups in total. The Labute approximate surface area is 204 Å². The van der Waals surface area contributed by atoms with Crippen molar-refractivity contribution in [1.82, 2.24) is 0 Å². The van der Waals surface area contributed by atoms with Gasteiger partial charge in [-0.15, -0.1) is 12.1 Å². The SMILES string of the molecule is CN(C(=O)c1ccc[cH-]1)c1ccc(N)cc1.CN(C(=O)c1ccc[cH-]1)c1ccc(N)cc1.[Fe+2]. The van der Waals surface area contributed by atoms with E-state index in [0.29, 0.717) is 22.5 Å². The van der Waals surface area contributed by atoms with E-state index in [1.54, 1.807) is 72.4 Å². The van der Waals surface area contributed by atoms with Gasteiger partial charge >= 0.3 is 17.1 Å². The van der Waals surface area contributed by atoms with Crippen LogP contribution in [-0.4, -0.2) is 25.9 Å². The summed E-state index contributed by atoms with van der Waals surface area (Å²) >= 11 is 0. The standard InChI is InChI=1S/2C13H13N2O.Fe/c2*1-15(12-8-6-11(14)7-9-12)13(16)10-4-2-3-5-10;/h2*2-9H,14H2,1H3;/q2*-1;+2. The van der Waals surface area contributed by atoms with E-state index in [-0.39, 0.29) is 28.9 Å². The third kappa shape index (κ3) is 6.59. The Hall–Kier alpha value is -3.80. The molecule has 0 bridgehead atoms. The summed E-state index contributed by atoms with van der Waals surface area (Å²) in [4.78, 5) is 27.2. The molecule has 4 aromatic rings. The van der Waals surface area contributed by atoms with Crippen molar-refractivity contribution in [2.24, 2.45) is 0 Å². The Balaban J connectivity index is 0.000000227. The first-order chi connectivity index (χ1) is 15.4. The first-order valence-corrected chi connectivity index (χ1v) is 10.1. The maximum atomic E-state index is 12.0. The van der Waals surface area contributed by atoms with Crippen LogP contribution >= 0.6 is 0 Å². The number of rotatable bonds is 4. The Morgan fingerprint density at radius 1 is 0.636 bits per heavy atom. The second kappa shape index (κ2) is 11.7. The smallest absolute Gasteiger partial charge is 0.399 e. The van der Waals surface area contributed by atoms with Crippen molar-refractivity contribution in [3.63, 3.8) is 0 Å². The van der Waals surface area contributed by atoms with Crippen LogP contribution < -0.4 is 21.3 Å². The molecule has 33 heavy (non-hydrogen) atoms. The van der Waals surface area contributed by atoms with Crippen LogP contribution in [0.25, 0.3) is 0 Å². The first-order valence-electron chi connectivity index (χ1n) is 10.1. The molecule has 0 aromatic heterocycles. The van der Waals surface area contributed by atoms with Gasteiger partial charge in [0.25, 0.3) is 0 Å². The van der Waals surface area contributed by atoms with Gasteiger partial charge in [-0.3, -0.25) is 0 Å². The Morgan fingerprint density at radius 3 is 1.24 bits per heavy atom. The number of nitrogens with zero attached hydrogens (tertiary/aromatic N) is 2. The summed E-state index contributed by atoms with van der Waals surface area (Å²) in [6, 6.07) is 29.1. The summed E-state index contributed by atoms with van der Waals surface area (Å²) in [5, 5.41) is 0. The number of nitrogens with two attached hydrogens (primary N) is 2. The molecule has 2 amide bonds. The van der Waals surface area contributed by atoms with Crippen LogP contribution in [0.1, 0.15) is 20.7 Å². The van der Waals surface area contributed by atoms with Crippen LogP contribution in [0.5, 0.6) is 0 Å². The third-order valence-electron chi connectivity index (χ3n) is 4.99. The predicted octanol–water partition coefficient (Wildman–Crippen LogP) is 4.53. The summed E-state index contributed by atoms with van der Waals surface area (Å²) < 4.78 is 0. The fourth-order valence-corrected chi connectivity index (χ4v) is 3.05. The predicted molar refractivity (Wildman–Crippen MR) is 131 cm³/mol. The Bertz CT molecular complexity index is 1040. The van der Waals surface area contributed by atoms with Crippen LogP contribution in [0.15, 0.2) is 97.1 Å². The van der Waals surface area contributed by atoms with E-state index in [2.05, 4.69) is 0 Å². The molecule has 7 heteroatoms. The molecule has 0 heterocycles. The molecule has 0 saturated heterocycles. The van der Waals surface area contributed by atoms with Crippen LogP contribution in [0.2, 0.25) is 0 Å². The minimum atomic E-state index is -0.0187. The molecule has 170 valence electrons. The van der Waals surface area contributed by atoms with E-state index in [4.69, 9.17) is 11.5 Å². The maximum Gasteiger partial charge on any atom is 2.00 e. The molecule has 0 unspecified atom stereocenters. The molecule has 0 radical (unpaired) electrons. The van der Waals surface area contributed by atoms with Crippen LogP contribution in [0.3, 0.4) is 0 Å². The van der Waals surface area contributed by atoms with Gasteiger partial charge in [0, 0.05) is 36.8 Å². The van der Waals surface area contributed by atoms with Crippen LogP contribution in [0, 0.1) is 0 Å². The molecule has 0 spiro atoms. The summed E-state index contributed by atoms with van der Waals surface area (Å²) in [6.07, 6.45) is 0. The van der Waals surface area contributed by atoms with E-state index < -0.39 is 0 Å². The molecule has 0 aliphatic carbocycles. The second-order valence-corrected chi connectivity index (χ2v) is 7.26. The molecule has 6 nitrogen and oxygen atoms in total. The van der Waals surface area contributed by atoms with Crippen molar-refractivity contribution >= 4 is 34.6 Å². The average Bonchev–Trinajstić information content (AvgIpc) is 3.53. The zero-order chi connectivity index (χ0) is 23.1. The van der Waals surface area contributed by atoms with Gasteiger partial charge in [0.1, 0.15) is 0 Å².